The van der Waals surface area contributed by atoms with E-state index in [9.17, 15) is 38.2 Å². The molecule has 0 radical (unpaired) electrons. The Morgan fingerprint density at radius 2 is 1.71 bits per heavy atom. The summed E-state index contributed by atoms with van der Waals surface area (Å²) in [6, 6.07) is 7.92. The second kappa shape index (κ2) is 20.6. The van der Waals surface area contributed by atoms with Crippen LogP contribution >= 0.6 is 0 Å². The van der Waals surface area contributed by atoms with Crippen LogP contribution in [0.15, 0.2) is 47.8 Å². The zero-order valence-electron chi connectivity index (χ0n) is 38.2. The molecule has 0 spiro atoms. The lowest BCUT2D eigenvalue weighted by molar-refractivity contribution is -0.136. The summed E-state index contributed by atoms with van der Waals surface area (Å²) >= 11 is 0. The summed E-state index contributed by atoms with van der Waals surface area (Å²) in [6.45, 7) is 8.91. The van der Waals surface area contributed by atoms with Crippen molar-refractivity contribution in [2.45, 2.75) is 96.1 Å². The van der Waals surface area contributed by atoms with Crippen LogP contribution in [0, 0.1) is 11.3 Å². The van der Waals surface area contributed by atoms with Crippen molar-refractivity contribution < 1.29 is 32.8 Å². The third-order valence-electron chi connectivity index (χ3n) is 14.5. The maximum Gasteiger partial charge on any atom is 0.264 e. The molecule has 6 aliphatic heterocycles. The SMILES string of the molecule is CN/C=C(\CN)c1cc2c(cc1C(F)F)N(C(=N)C1=C(NC3CCN(CC4CCN(CCCc5cccc6c5C(=O)N(C5CCC(=O)NC5=O)C6=O)CC4)CC3)CCN(C(C)=O)C1)CCC2. The van der Waals surface area contributed by atoms with Crippen molar-refractivity contribution >= 4 is 46.6 Å². The number of benzene rings is 2. The first-order chi connectivity index (χ1) is 31.8. The third-order valence-corrected chi connectivity index (χ3v) is 14.5. The maximum absolute atomic E-state index is 14.6. The molecule has 8 rings (SSSR count). The molecule has 6 N–H and O–H groups in total. The molecule has 15 nitrogen and oxygen atoms in total. The summed E-state index contributed by atoms with van der Waals surface area (Å²) in [5.41, 5.74) is 11.6. The van der Waals surface area contributed by atoms with E-state index in [1.807, 2.05) is 17.0 Å². The number of amides is 5. The fourth-order valence-corrected chi connectivity index (χ4v) is 10.9. The van der Waals surface area contributed by atoms with Crippen LogP contribution in [0.4, 0.5) is 14.5 Å². The molecule has 3 saturated heterocycles. The molecule has 5 amide bonds. The molecule has 66 heavy (non-hydrogen) atoms. The van der Waals surface area contributed by atoms with Gasteiger partial charge in [0.25, 0.3) is 18.2 Å². The van der Waals surface area contributed by atoms with E-state index in [0.29, 0.717) is 72.8 Å². The van der Waals surface area contributed by atoms with E-state index < -0.39 is 36.1 Å². The highest BCUT2D eigenvalue weighted by Gasteiger charge is 2.45. The minimum Gasteiger partial charge on any atom is -0.394 e. The first-order valence-electron chi connectivity index (χ1n) is 23.8. The van der Waals surface area contributed by atoms with Gasteiger partial charge in [-0.05, 0) is 124 Å². The van der Waals surface area contributed by atoms with Crippen LogP contribution in [-0.4, -0.2) is 140 Å². The lowest BCUT2D eigenvalue weighted by atomic mass is 9.91. The van der Waals surface area contributed by atoms with Crippen molar-refractivity contribution in [3.05, 3.63) is 81.2 Å². The number of alkyl halides is 2. The average Bonchev–Trinajstić information content (AvgIpc) is 3.57. The summed E-state index contributed by atoms with van der Waals surface area (Å²) in [4.78, 5) is 73.3. The van der Waals surface area contributed by atoms with Crippen LogP contribution in [0.5, 0.6) is 0 Å². The van der Waals surface area contributed by atoms with Gasteiger partial charge in [0, 0.05) is 101 Å². The number of amidine groups is 1. The Morgan fingerprint density at radius 3 is 2.41 bits per heavy atom. The normalized spacial score (nSPS) is 21.7. The number of piperidine rings is 3. The standard InChI is InChI=1S/C49H64F2N10O5/c1-30(62)59-23-16-40(39(29-59)46(53)60-18-5-8-33-24-37(34(26-52)27-54-2)38(45(50)51)25-42(33)60)55-35-14-21-58(22-15-35)28-31-12-19-57(20-13-31)17-4-7-32-6-3-9-36-44(32)49(66)61(48(36)65)41-10-11-43(63)56-47(41)64/h3,6,9,24-25,27,31,35,41,45,53-55H,4-5,7-8,10-23,26,28-29,52H2,1-2H3,(H,56,63,64)/b34-27+,53-46?. The highest BCUT2D eigenvalue weighted by atomic mass is 19.3. The van der Waals surface area contributed by atoms with E-state index >= 15 is 0 Å². The second-order valence-corrected chi connectivity index (χ2v) is 18.7. The maximum atomic E-state index is 14.6. The van der Waals surface area contributed by atoms with Gasteiger partial charge >= 0.3 is 0 Å². The molecule has 0 saturated carbocycles. The molecular formula is C49H64F2N10O5. The molecule has 2 aromatic rings. The number of halogens is 2. The van der Waals surface area contributed by atoms with Crippen LogP contribution in [0.25, 0.3) is 5.57 Å². The number of rotatable bonds is 14. The van der Waals surface area contributed by atoms with E-state index in [0.717, 1.165) is 105 Å². The summed E-state index contributed by atoms with van der Waals surface area (Å²) in [5.74, 6) is -1.14. The van der Waals surface area contributed by atoms with E-state index in [2.05, 4.69) is 25.8 Å². The topological polar surface area (TPSA) is 188 Å². The minimum atomic E-state index is -2.72. The van der Waals surface area contributed by atoms with Crippen molar-refractivity contribution in [2.24, 2.45) is 11.7 Å². The number of carbonyl (C=O) groups excluding carboxylic acids is 5. The number of fused-ring (bicyclic) bond motifs is 2. The lowest BCUT2D eigenvalue weighted by Gasteiger charge is -2.40. The molecule has 1 unspecified atom stereocenters. The summed E-state index contributed by atoms with van der Waals surface area (Å²) in [7, 11) is 1.72. The largest absolute Gasteiger partial charge is 0.394 e. The van der Waals surface area contributed by atoms with E-state index in [-0.39, 0.29) is 42.7 Å². The number of imide groups is 2. The molecule has 6 aliphatic rings. The fraction of sp³-hybridized carbons (Fsp3) is 0.551. The van der Waals surface area contributed by atoms with Gasteiger partial charge in [0.2, 0.25) is 17.7 Å². The van der Waals surface area contributed by atoms with E-state index in [1.54, 1.807) is 37.2 Å². The van der Waals surface area contributed by atoms with Gasteiger partial charge in [0.05, 0.1) is 17.7 Å². The third kappa shape index (κ3) is 9.93. The van der Waals surface area contributed by atoms with Gasteiger partial charge < -0.3 is 36.0 Å². The number of hydrogen-bond acceptors (Lipinski definition) is 11. The fourth-order valence-electron chi connectivity index (χ4n) is 10.9. The smallest absolute Gasteiger partial charge is 0.264 e. The molecule has 0 bridgehead atoms. The van der Waals surface area contributed by atoms with Crippen LogP contribution in [-0.2, 0) is 27.2 Å². The number of hydrogen-bond donors (Lipinski definition) is 5. The summed E-state index contributed by atoms with van der Waals surface area (Å²) in [5, 5.41) is 18.6. The molecule has 0 aliphatic carbocycles. The number of likely N-dealkylation sites (tertiary alicyclic amines) is 2. The van der Waals surface area contributed by atoms with Crippen LogP contribution in [0.1, 0.15) is 114 Å². The molecular weight excluding hydrogens is 847 g/mol. The Bertz CT molecular complexity index is 2300. The monoisotopic (exact) mass is 911 g/mol. The predicted molar refractivity (Wildman–Crippen MR) is 248 cm³/mol. The number of carbonyl (C=O) groups is 5. The molecule has 6 heterocycles. The van der Waals surface area contributed by atoms with Gasteiger partial charge in [-0.2, -0.15) is 0 Å². The number of anilines is 1. The van der Waals surface area contributed by atoms with Gasteiger partial charge in [0.1, 0.15) is 11.9 Å². The average molecular weight is 911 g/mol. The van der Waals surface area contributed by atoms with Gasteiger partial charge in [-0.1, -0.05) is 12.1 Å². The summed E-state index contributed by atoms with van der Waals surface area (Å²) < 4.78 is 29.2. The quantitative estimate of drug-likeness (QED) is 0.104. The van der Waals surface area contributed by atoms with E-state index in [1.165, 1.54) is 6.07 Å². The zero-order chi connectivity index (χ0) is 46.6. The molecule has 2 aromatic carbocycles. The second-order valence-electron chi connectivity index (χ2n) is 18.7. The highest BCUT2D eigenvalue weighted by Crippen LogP contribution is 2.38. The Kier molecular flexibility index (Phi) is 14.6. The molecule has 1 atom stereocenters. The minimum absolute atomic E-state index is 0.0547. The number of aryl methyl sites for hydroxylation is 2. The van der Waals surface area contributed by atoms with Gasteiger partial charge in [-0.25, -0.2) is 8.78 Å². The van der Waals surface area contributed by atoms with Crippen molar-refractivity contribution in [3.8, 4) is 0 Å². The Morgan fingerprint density at radius 1 is 0.955 bits per heavy atom. The van der Waals surface area contributed by atoms with Crippen molar-refractivity contribution in [1.82, 2.24) is 35.6 Å². The van der Waals surface area contributed by atoms with Crippen LogP contribution in [0.3, 0.4) is 0 Å². The van der Waals surface area contributed by atoms with E-state index in [4.69, 9.17) is 5.73 Å². The van der Waals surface area contributed by atoms with Crippen molar-refractivity contribution in [3.63, 3.8) is 0 Å². The van der Waals surface area contributed by atoms with Gasteiger partial charge in [0.15, 0.2) is 0 Å². The molecule has 17 heteroatoms. The van der Waals surface area contributed by atoms with Crippen LogP contribution < -0.4 is 26.6 Å². The highest BCUT2D eigenvalue weighted by molar-refractivity contribution is 6.24. The molecule has 3 fully saturated rings. The Labute approximate surface area is 385 Å². The molecule has 354 valence electrons. The van der Waals surface area contributed by atoms with Crippen LogP contribution in [0.2, 0.25) is 0 Å². The first-order valence-corrected chi connectivity index (χ1v) is 23.8. The van der Waals surface area contributed by atoms with Gasteiger partial charge in [-0.3, -0.25) is 39.6 Å². The van der Waals surface area contributed by atoms with Crippen molar-refractivity contribution in [2.75, 3.05) is 77.4 Å². The lowest BCUT2D eigenvalue weighted by Crippen LogP contribution is -2.54. The van der Waals surface area contributed by atoms with Crippen molar-refractivity contribution in [1.29, 1.82) is 5.41 Å². The Hall–Kier alpha value is -5.52. The molecule has 0 aromatic heterocycles. The van der Waals surface area contributed by atoms with Gasteiger partial charge in [-0.15, -0.1) is 0 Å². The number of nitrogens with zero attached hydrogens (tertiary/aromatic N) is 5. The zero-order valence-corrected chi connectivity index (χ0v) is 38.2. The predicted octanol–water partition coefficient (Wildman–Crippen LogP) is 4.18. The number of nitrogens with one attached hydrogen (secondary N) is 4. The first kappa shape index (κ1) is 47.0. The number of nitrogens with two attached hydrogens (primary N) is 1. The Balaban J connectivity index is 0.831. The summed E-state index contributed by atoms with van der Waals surface area (Å²) in [6.07, 6.45) is 6.84.